The first-order valence-corrected chi connectivity index (χ1v) is 8.76. The second kappa shape index (κ2) is 6.75. The molecule has 0 radical (unpaired) electrons. The molecule has 0 bridgehead atoms. The van der Waals surface area contributed by atoms with Gasteiger partial charge in [0.05, 0.1) is 22.7 Å². The molecule has 136 valence electrons. The number of aryl methyl sites for hydroxylation is 1. The molecule has 2 N–H and O–H groups in total. The average Bonchev–Trinajstić information content (AvgIpc) is 3.20. The molecule has 0 fully saturated rings. The predicted molar refractivity (Wildman–Crippen MR) is 101 cm³/mol. The Morgan fingerprint density at radius 2 is 2.00 bits per heavy atom. The van der Waals surface area contributed by atoms with Gasteiger partial charge in [-0.05, 0) is 25.1 Å². The number of anilines is 1. The number of aromatic nitrogens is 3. The van der Waals surface area contributed by atoms with Crippen LogP contribution in [0.2, 0.25) is 0 Å². The monoisotopic (exact) mass is 372 g/mol. The van der Waals surface area contributed by atoms with Crippen molar-refractivity contribution in [1.29, 1.82) is 0 Å². The van der Waals surface area contributed by atoms with Gasteiger partial charge in [0.25, 0.3) is 5.91 Å². The van der Waals surface area contributed by atoms with Crippen LogP contribution >= 0.6 is 11.3 Å². The molecule has 0 aliphatic carbocycles. The first-order valence-electron chi connectivity index (χ1n) is 7.94. The molecular weight excluding hydrogens is 352 g/mol. The van der Waals surface area contributed by atoms with Crippen LogP contribution in [0.1, 0.15) is 15.2 Å². The van der Waals surface area contributed by atoms with Gasteiger partial charge >= 0.3 is 0 Å². The third-order valence-electron chi connectivity index (χ3n) is 3.89. The highest BCUT2D eigenvalue weighted by Gasteiger charge is 2.19. The molecule has 0 aliphatic rings. The van der Waals surface area contributed by atoms with Crippen molar-refractivity contribution in [2.24, 2.45) is 0 Å². The fourth-order valence-corrected chi connectivity index (χ4v) is 3.22. The lowest BCUT2D eigenvalue weighted by atomic mass is 10.2. The van der Waals surface area contributed by atoms with E-state index in [1.165, 1.54) is 14.3 Å². The largest absolute Gasteiger partial charge is 0.396 e. The van der Waals surface area contributed by atoms with Crippen molar-refractivity contribution in [2.45, 2.75) is 6.92 Å². The lowest BCUT2D eigenvalue weighted by Gasteiger charge is -2.19. The summed E-state index contributed by atoms with van der Waals surface area (Å²) in [5, 5.41) is 4.44. The number of thiophene rings is 1. The average molecular weight is 372 g/mol. The molecule has 8 nitrogen and oxygen atoms in total. The van der Waals surface area contributed by atoms with Crippen LogP contribution in [0.3, 0.4) is 0 Å². The van der Waals surface area contributed by atoms with E-state index in [0.29, 0.717) is 22.7 Å². The van der Waals surface area contributed by atoms with Crippen molar-refractivity contribution >= 4 is 34.5 Å². The SMILES string of the molecule is Cc1ccc(-c2nc3c(N)cc(C(=O)N(C)CC(=O)N(C)C)cn3n2)s1. The number of rotatable bonds is 4. The van der Waals surface area contributed by atoms with Crippen LogP contribution in [0.25, 0.3) is 16.3 Å². The lowest BCUT2D eigenvalue weighted by molar-refractivity contribution is -0.129. The Labute approximate surface area is 154 Å². The van der Waals surface area contributed by atoms with Gasteiger partial charge in [-0.3, -0.25) is 9.59 Å². The summed E-state index contributed by atoms with van der Waals surface area (Å²) in [6, 6.07) is 5.52. The number of hydrogen-bond acceptors (Lipinski definition) is 6. The number of nitrogens with zero attached hydrogens (tertiary/aromatic N) is 5. The van der Waals surface area contributed by atoms with Gasteiger partial charge in [-0.1, -0.05) is 0 Å². The van der Waals surface area contributed by atoms with E-state index in [-0.39, 0.29) is 18.4 Å². The number of nitrogens with two attached hydrogens (primary N) is 1. The summed E-state index contributed by atoms with van der Waals surface area (Å²) in [5.74, 6) is 0.0966. The van der Waals surface area contributed by atoms with Crippen LogP contribution < -0.4 is 5.73 Å². The van der Waals surface area contributed by atoms with Gasteiger partial charge < -0.3 is 15.5 Å². The summed E-state index contributed by atoms with van der Waals surface area (Å²) >= 11 is 1.59. The van der Waals surface area contributed by atoms with Gasteiger partial charge in [-0.2, -0.15) is 0 Å². The van der Waals surface area contributed by atoms with Gasteiger partial charge in [-0.15, -0.1) is 16.4 Å². The molecule has 0 atom stereocenters. The molecule has 0 aromatic carbocycles. The van der Waals surface area contributed by atoms with E-state index < -0.39 is 0 Å². The molecule has 2 amide bonds. The first-order chi connectivity index (χ1) is 12.3. The maximum absolute atomic E-state index is 12.6. The standard InChI is InChI=1S/C17H20N6O2S/c1-10-5-6-13(26-10)15-19-16-12(18)7-11(8-23(16)20-15)17(25)22(4)9-14(24)21(2)3/h5-8H,9,18H2,1-4H3. The zero-order chi connectivity index (χ0) is 19.0. The number of carbonyl (C=O) groups is 2. The maximum atomic E-state index is 12.6. The van der Waals surface area contributed by atoms with Crippen molar-refractivity contribution in [3.05, 3.63) is 34.8 Å². The lowest BCUT2D eigenvalue weighted by Crippen LogP contribution is -2.37. The van der Waals surface area contributed by atoms with Crippen LogP contribution in [0, 0.1) is 6.92 Å². The molecule has 3 aromatic heterocycles. The molecule has 3 aromatic rings. The topological polar surface area (TPSA) is 96.8 Å². The van der Waals surface area contributed by atoms with E-state index in [2.05, 4.69) is 10.1 Å². The minimum atomic E-state index is -0.308. The number of carbonyl (C=O) groups excluding carboxylic acids is 2. The summed E-state index contributed by atoms with van der Waals surface area (Å²) in [4.78, 5) is 33.8. The zero-order valence-corrected chi connectivity index (χ0v) is 15.9. The normalized spacial score (nSPS) is 10.9. The first kappa shape index (κ1) is 17.9. The molecule has 0 unspecified atom stereocenters. The molecule has 9 heteroatoms. The molecule has 0 aliphatic heterocycles. The fraction of sp³-hybridized carbons (Fsp3) is 0.294. The summed E-state index contributed by atoms with van der Waals surface area (Å²) in [7, 11) is 4.87. The number of likely N-dealkylation sites (N-methyl/N-ethyl adjacent to an activating group) is 2. The Kier molecular flexibility index (Phi) is 4.64. The summed E-state index contributed by atoms with van der Waals surface area (Å²) in [6.07, 6.45) is 1.58. The number of amides is 2. The van der Waals surface area contributed by atoms with Crippen molar-refractivity contribution in [3.8, 4) is 10.7 Å². The highest BCUT2D eigenvalue weighted by atomic mass is 32.1. The Morgan fingerprint density at radius 1 is 1.27 bits per heavy atom. The molecule has 3 heterocycles. The highest BCUT2D eigenvalue weighted by Crippen LogP contribution is 2.26. The summed E-state index contributed by atoms with van der Waals surface area (Å²) in [5.41, 5.74) is 7.28. The van der Waals surface area contributed by atoms with E-state index >= 15 is 0 Å². The minimum Gasteiger partial charge on any atom is -0.396 e. The third-order valence-corrected chi connectivity index (χ3v) is 4.88. The number of fused-ring (bicyclic) bond motifs is 1. The molecule has 0 spiro atoms. The highest BCUT2D eigenvalue weighted by molar-refractivity contribution is 7.15. The van der Waals surface area contributed by atoms with Crippen molar-refractivity contribution in [3.63, 3.8) is 0 Å². The Morgan fingerprint density at radius 3 is 2.62 bits per heavy atom. The number of pyridine rings is 1. The van der Waals surface area contributed by atoms with Crippen LogP contribution in [0.5, 0.6) is 0 Å². The van der Waals surface area contributed by atoms with E-state index in [1.807, 2.05) is 19.1 Å². The third kappa shape index (κ3) is 3.38. The van der Waals surface area contributed by atoms with Crippen LogP contribution in [0.15, 0.2) is 24.4 Å². The van der Waals surface area contributed by atoms with E-state index in [4.69, 9.17) is 5.73 Å². The number of nitrogen functional groups attached to an aromatic ring is 1. The van der Waals surface area contributed by atoms with Gasteiger partial charge in [0.2, 0.25) is 5.91 Å². The zero-order valence-electron chi connectivity index (χ0n) is 15.1. The number of hydrogen-bond donors (Lipinski definition) is 1. The van der Waals surface area contributed by atoms with Gasteiger partial charge in [0.15, 0.2) is 11.5 Å². The quantitative estimate of drug-likeness (QED) is 0.749. The van der Waals surface area contributed by atoms with Gasteiger partial charge in [-0.25, -0.2) is 9.50 Å². The van der Waals surface area contributed by atoms with Crippen molar-refractivity contribution in [1.82, 2.24) is 24.4 Å². The molecule has 3 rings (SSSR count). The van der Waals surface area contributed by atoms with E-state index in [0.717, 1.165) is 9.75 Å². The van der Waals surface area contributed by atoms with Gasteiger partial charge in [0, 0.05) is 32.2 Å². The smallest absolute Gasteiger partial charge is 0.255 e. The minimum absolute atomic E-state index is 0.0130. The van der Waals surface area contributed by atoms with E-state index in [9.17, 15) is 9.59 Å². The molecular formula is C17H20N6O2S. The second-order valence-electron chi connectivity index (χ2n) is 6.25. The molecule has 0 saturated carbocycles. The van der Waals surface area contributed by atoms with Gasteiger partial charge in [0.1, 0.15) is 0 Å². The predicted octanol–water partition coefficient (Wildman–Crippen LogP) is 1.51. The maximum Gasteiger partial charge on any atom is 0.255 e. The second-order valence-corrected chi connectivity index (χ2v) is 7.54. The fourth-order valence-electron chi connectivity index (χ4n) is 2.42. The van der Waals surface area contributed by atoms with Crippen LogP contribution in [0.4, 0.5) is 5.69 Å². The summed E-state index contributed by atoms with van der Waals surface area (Å²) < 4.78 is 1.51. The molecule has 26 heavy (non-hydrogen) atoms. The van der Waals surface area contributed by atoms with E-state index in [1.54, 1.807) is 44.7 Å². The Hall–Kier alpha value is -2.94. The Bertz CT molecular complexity index is 990. The van der Waals surface area contributed by atoms with Crippen molar-refractivity contribution in [2.75, 3.05) is 33.4 Å². The van der Waals surface area contributed by atoms with Crippen LogP contribution in [-0.4, -0.2) is 63.9 Å². The Balaban J connectivity index is 1.93. The van der Waals surface area contributed by atoms with Crippen molar-refractivity contribution < 1.29 is 9.59 Å². The van der Waals surface area contributed by atoms with Crippen LogP contribution in [-0.2, 0) is 4.79 Å². The molecule has 0 saturated heterocycles. The summed E-state index contributed by atoms with van der Waals surface area (Å²) in [6.45, 7) is 2.00.